The lowest BCUT2D eigenvalue weighted by atomic mass is 9.93. The Bertz CT molecular complexity index is 1590. The van der Waals surface area contributed by atoms with Crippen LogP contribution in [0, 0.1) is 22.7 Å². The van der Waals surface area contributed by atoms with Crippen LogP contribution in [0.1, 0.15) is 85.6 Å². The smallest absolute Gasteiger partial charge is 0.194 e. The molecule has 5 rings (SSSR count). The quantitative estimate of drug-likeness (QED) is 0.152. The summed E-state index contributed by atoms with van der Waals surface area (Å²) >= 11 is 6.66. The van der Waals surface area contributed by atoms with Gasteiger partial charge in [-0.3, -0.25) is 0 Å². The highest BCUT2D eigenvalue weighted by Crippen LogP contribution is 2.42. The second-order valence-corrected chi connectivity index (χ2v) is 15.3. The Morgan fingerprint density at radius 1 is 0.980 bits per heavy atom. The summed E-state index contributed by atoms with van der Waals surface area (Å²) in [6, 6.07) is 25.6. The molecule has 0 aliphatic carbocycles. The lowest BCUT2D eigenvalue weighted by Gasteiger charge is -2.25. The van der Waals surface area contributed by atoms with Gasteiger partial charge in [-0.2, -0.15) is 17.9 Å². The highest BCUT2D eigenvalue weighted by atomic mass is 32.2. The molecule has 1 N–H and O–H groups in total. The number of aryl methyl sites for hydroxylation is 1. The minimum atomic E-state index is -0.0635. The van der Waals surface area contributed by atoms with Crippen LogP contribution in [0.4, 0.5) is 10.9 Å². The molecule has 2 aromatic carbocycles. The van der Waals surface area contributed by atoms with Crippen molar-refractivity contribution in [2.75, 3.05) is 35.6 Å². The largest absolute Gasteiger partial charge is 0.494 e. The maximum Gasteiger partial charge on any atom is 0.194 e. The summed E-state index contributed by atoms with van der Waals surface area (Å²) in [6.45, 7) is 15.2. The predicted octanol–water partition coefficient (Wildman–Crippen LogP) is 11.9. The van der Waals surface area contributed by atoms with Crippen LogP contribution in [-0.2, 0) is 6.42 Å². The molecule has 0 fully saturated rings. The van der Waals surface area contributed by atoms with Crippen LogP contribution in [-0.4, -0.2) is 35.9 Å². The SMILES string of the molecule is CC(C#N)CN1CCCCCCc2ccccc2-c2nc(sc2-c2cccc(OCCC(C)(C)C)c2)NSc2cccc1n2.CCC.CS. The third-order valence-corrected chi connectivity index (χ3v) is 9.61. The summed E-state index contributed by atoms with van der Waals surface area (Å²) < 4.78 is 9.69. The van der Waals surface area contributed by atoms with Crippen molar-refractivity contribution in [1.82, 2.24) is 9.97 Å². The summed E-state index contributed by atoms with van der Waals surface area (Å²) in [6.07, 6.45) is 9.44. The van der Waals surface area contributed by atoms with Gasteiger partial charge in [0.25, 0.3) is 0 Å². The van der Waals surface area contributed by atoms with Crippen molar-refractivity contribution in [3.63, 3.8) is 0 Å². The Hall–Kier alpha value is -3.19. The van der Waals surface area contributed by atoms with E-state index in [1.54, 1.807) is 17.6 Å². The van der Waals surface area contributed by atoms with Crippen LogP contribution in [0.5, 0.6) is 5.75 Å². The monoisotopic (exact) mass is 717 g/mol. The number of thiazole rings is 1. The predicted molar refractivity (Wildman–Crippen MR) is 216 cm³/mol. The lowest BCUT2D eigenvalue weighted by Crippen LogP contribution is -2.30. The maximum atomic E-state index is 9.49. The zero-order valence-electron chi connectivity index (χ0n) is 30.5. The fourth-order valence-corrected chi connectivity index (χ4v) is 6.93. The average Bonchev–Trinajstić information content (AvgIpc) is 3.53. The molecule has 4 aromatic rings. The Labute approximate surface area is 309 Å². The number of nitrogens with one attached hydrogen (secondary N) is 1. The number of thiol groups is 1. The van der Waals surface area contributed by atoms with E-state index in [1.807, 2.05) is 25.1 Å². The number of hydrogen-bond acceptors (Lipinski definition) is 9. The van der Waals surface area contributed by atoms with Gasteiger partial charge in [0.2, 0.25) is 0 Å². The molecule has 4 bridgehead atoms. The minimum Gasteiger partial charge on any atom is -0.494 e. The molecule has 1 aliphatic rings. The molecule has 0 saturated heterocycles. The molecule has 49 heavy (non-hydrogen) atoms. The van der Waals surface area contributed by atoms with Gasteiger partial charge < -0.3 is 14.4 Å². The highest BCUT2D eigenvalue weighted by molar-refractivity contribution is 8.00. The second-order valence-electron chi connectivity index (χ2n) is 13.4. The van der Waals surface area contributed by atoms with Crippen LogP contribution in [0.2, 0.25) is 0 Å². The third kappa shape index (κ3) is 13.2. The zero-order chi connectivity index (χ0) is 35.6. The molecule has 0 amide bonds. The van der Waals surface area contributed by atoms with E-state index in [4.69, 9.17) is 14.7 Å². The first-order valence-corrected chi connectivity index (χ1v) is 20.0. The lowest BCUT2D eigenvalue weighted by molar-refractivity contribution is 0.243. The Kier molecular flexibility index (Phi) is 17.3. The van der Waals surface area contributed by atoms with Gasteiger partial charge >= 0.3 is 0 Å². The summed E-state index contributed by atoms with van der Waals surface area (Å²) in [5.74, 6) is 1.74. The van der Waals surface area contributed by atoms with Gasteiger partial charge in [-0.1, -0.05) is 108 Å². The van der Waals surface area contributed by atoms with Gasteiger partial charge in [-0.25, -0.2) is 9.97 Å². The number of hydrogen-bond donors (Lipinski definition) is 2. The van der Waals surface area contributed by atoms with Crippen molar-refractivity contribution in [1.29, 1.82) is 5.26 Å². The minimum absolute atomic E-state index is 0.0635. The van der Waals surface area contributed by atoms with Gasteiger partial charge in [0.15, 0.2) is 5.13 Å². The van der Waals surface area contributed by atoms with Crippen molar-refractivity contribution in [2.24, 2.45) is 11.3 Å². The molecule has 0 spiro atoms. The van der Waals surface area contributed by atoms with Crippen molar-refractivity contribution < 1.29 is 4.74 Å². The molecule has 264 valence electrons. The fourth-order valence-electron chi connectivity index (χ4n) is 5.29. The number of rotatable bonds is 6. The van der Waals surface area contributed by atoms with Crippen molar-refractivity contribution >= 4 is 46.9 Å². The van der Waals surface area contributed by atoms with Crippen molar-refractivity contribution in [3.05, 3.63) is 72.3 Å². The first-order valence-electron chi connectivity index (χ1n) is 17.5. The second kappa shape index (κ2) is 21.1. The first kappa shape index (κ1) is 40.2. The van der Waals surface area contributed by atoms with Gasteiger partial charge in [0.1, 0.15) is 16.6 Å². The van der Waals surface area contributed by atoms with Gasteiger partial charge in [-0.15, -0.1) is 0 Å². The van der Waals surface area contributed by atoms with E-state index in [1.165, 1.54) is 29.5 Å². The molecule has 6 nitrogen and oxygen atoms in total. The molecule has 1 unspecified atom stereocenters. The number of anilines is 2. The van der Waals surface area contributed by atoms with Crippen LogP contribution in [0.3, 0.4) is 0 Å². The summed E-state index contributed by atoms with van der Waals surface area (Å²) in [7, 11) is 0. The van der Waals surface area contributed by atoms with E-state index < -0.39 is 0 Å². The molecule has 9 heteroatoms. The highest BCUT2D eigenvalue weighted by Gasteiger charge is 2.20. The van der Waals surface area contributed by atoms with E-state index >= 15 is 0 Å². The van der Waals surface area contributed by atoms with Crippen LogP contribution < -0.4 is 14.4 Å². The number of nitrogens with zero attached hydrogens (tertiary/aromatic N) is 4. The zero-order valence-corrected chi connectivity index (χ0v) is 33.0. The van der Waals surface area contributed by atoms with Crippen LogP contribution in [0.25, 0.3) is 21.7 Å². The molecule has 0 saturated carbocycles. The topological polar surface area (TPSA) is 74.1 Å². The molecule has 1 atom stereocenters. The molecular weight excluding hydrogens is 663 g/mol. The summed E-state index contributed by atoms with van der Waals surface area (Å²) in [4.78, 5) is 13.5. The molecule has 1 aliphatic heterocycles. The van der Waals surface area contributed by atoms with Gasteiger partial charge in [0, 0.05) is 30.6 Å². The van der Waals surface area contributed by atoms with E-state index in [0.29, 0.717) is 13.2 Å². The molecule has 2 aromatic heterocycles. The Balaban J connectivity index is 0.00000123. The standard InChI is InChI=1S/C36H43N5OS2.C3H8.CH4S/c1-26(24-37)25-41-21-10-6-5-7-13-27-14-8-9-17-30(27)33-34(28-15-11-16-29(23-28)42-22-20-36(2,3)4)43-35(39-33)40-44-32-19-12-18-31(41)38-32;1-3-2;1-2/h8-9,11-12,14-19,23,26H,5-7,10,13,20-22,25H2,1-4H3,(H,39,40);3H2,1-2H3;2H,1H3. The van der Waals surface area contributed by atoms with E-state index in [9.17, 15) is 5.26 Å². The van der Waals surface area contributed by atoms with Crippen molar-refractivity contribution in [3.8, 4) is 33.5 Å². The normalized spacial score (nSPS) is 13.9. The number of nitriles is 1. The maximum absolute atomic E-state index is 9.49. The molecule has 3 heterocycles. The Morgan fingerprint density at radius 3 is 2.47 bits per heavy atom. The molecule has 0 radical (unpaired) electrons. The average molecular weight is 718 g/mol. The van der Waals surface area contributed by atoms with Gasteiger partial charge in [-0.05, 0) is 79.7 Å². The van der Waals surface area contributed by atoms with Crippen LogP contribution in [0.15, 0.2) is 71.8 Å². The van der Waals surface area contributed by atoms with E-state index in [-0.39, 0.29) is 11.3 Å². The number of aromatic nitrogens is 2. The first-order chi connectivity index (χ1) is 23.7. The summed E-state index contributed by atoms with van der Waals surface area (Å²) in [5, 5.41) is 11.2. The Morgan fingerprint density at radius 2 is 1.71 bits per heavy atom. The van der Waals surface area contributed by atoms with Crippen LogP contribution >= 0.6 is 35.9 Å². The fraction of sp³-hybridized carbons (Fsp3) is 0.475. The van der Waals surface area contributed by atoms with Crippen molar-refractivity contribution in [2.45, 2.75) is 91.5 Å². The number of benzene rings is 2. The van der Waals surface area contributed by atoms with Gasteiger partial charge in [0.05, 0.1) is 29.2 Å². The summed E-state index contributed by atoms with van der Waals surface area (Å²) in [5.41, 5.74) is 4.86. The van der Waals surface area contributed by atoms with E-state index in [2.05, 4.69) is 111 Å². The van der Waals surface area contributed by atoms with E-state index in [0.717, 1.165) is 82.9 Å². The molecular formula is C40H55N5OS3. The number of fused-ring (bicyclic) bond motifs is 6. The number of pyridine rings is 1. The number of ether oxygens (including phenoxy) is 1. The third-order valence-electron chi connectivity index (χ3n) is 7.73.